The number of anilines is 1. The summed E-state index contributed by atoms with van der Waals surface area (Å²) in [6.07, 6.45) is 3.18. The number of nitrogens with two attached hydrogens (primary N) is 1. The second-order valence-electron chi connectivity index (χ2n) is 6.10. The van der Waals surface area contributed by atoms with Crippen molar-refractivity contribution < 1.29 is 4.39 Å². The molecule has 0 saturated carbocycles. The topological polar surface area (TPSA) is 29.3 Å². The highest BCUT2D eigenvalue weighted by Gasteiger charge is 2.28. The number of nitrogens with zero attached hydrogens (tertiary/aromatic N) is 1. The Bertz CT molecular complexity index is 429. The van der Waals surface area contributed by atoms with E-state index in [9.17, 15) is 4.39 Å². The Morgan fingerprint density at radius 2 is 2.11 bits per heavy atom. The normalized spacial score (nSPS) is 21.2. The monoisotopic (exact) mass is 264 g/mol. The summed E-state index contributed by atoms with van der Waals surface area (Å²) in [6.45, 7) is 7.56. The fourth-order valence-electron chi connectivity index (χ4n) is 3.13. The Morgan fingerprint density at radius 1 is 1.37 bits per heavy atom. The molecule has 2 N–H and O–H groups in total. The molecule has 106 valence electrons. The smallest absolute Gasteiger partial charge is 0.123 e. The minimum atomic E-state index is -0.167. The average molecular weight is 264 g/mol. The molecule has 3 heteroatoms. The first kappa shape index (κ1) is 14.3. The van der Waals surface area contributed by atoms with Crippen molar-refractivity contribution in [2.24, 2.45) is 11.7 Å². The molecule has 2 rings (SSSR count). The minimum absolute atomic E-state index is 0.0562. The largest absolute Gasteiger partial charge is 0.368 e. The van der Waals surface area contributed by atoms with Crippen LogP contribution in [-0.4, -0.2) is 18.6 Å². The summed E-state index contributed by atoms with van der Waals surface area (Å²) in [5.41, 5.74) is 8.12. The Hall–Kier alpha value is -1.09. The van der Waals surface area contributed by atoms with Crippen molar-refractivity contribution >= 4 is 5.69 Å². The van der Waals surface area contributed by atoms with Gasteiger partial charge in [-0.15, -0.1) is 0 Å². The minimum Gasteiger partial charge on any atom is -0.368 e. The summed E-state index contributed by atoms with van der Waals surface area (Å²) < 4.78 is 13.5. The van der Waals surface area contributed by atoms with E-state index in [1.807, 2.05) is 13.0 Å². The van der Waals surface area contributed by atoms with Crippen LogP contribution in [0.15, 0.2) is 18.2 Å². The Balaban J connectivity index is 2.32. The van der Waals surface area contributed by atoms with E-state index >= 15 is 0 Å². The first-order valence-corrected chi connectivity index (χ1v) is 7.29. The van der Waals surface area contributed by atoms with Crippen LogP contribution in [0.1, 0.15) is 39.2 Å². The molecule has 1 aliphatic heterocycles. The van der Waals surface area contributed by atoms with Gasteiger partial charge in [0.05, 0.1) is 0 Å². The lowest BCUT2D eigenvalue weighted by Crippen LogP contribution is -2.34. The maximum atomic E-state index is 13.5. The lowest BCUT2D eigenvalue weighted by atomic mass is 9.99. The fraction of sp³-hybridized carbons (Fsp3) is 0.625. The van der Waals surface area contributed by atoms with Crippen LogP contribution in [0.3, 0.4) is 0 Å². The zero-order valence-electron chi connectivity index (χ0n) is 12.2. The zero-order chi connectivity index (χ0) is 14.0. The molecule has 0 radical (unpaired) electrons. The summed E-state index contributed by atoms with van der Waals surface area (Å²) in [5.74, 6) is 0.454. The van der Waals surface area contributed by atoms with E-state index in [1.165, 1.54) is 18.5 Å². The highest BCUT2D eigenvalue weighted by molar-refractivity contribution is 5.56. The van der Waals surface area contributed by atoms with Crippen LogP contribution in [-0.2, 0) is 6.42 Å². The summed E-state index contributed by atoms with van der Waals surface area (Å²) in [4.78, 5) is 2.45. The summed E-state index contributed by atoms with van der Waals surface area (Å²) in [6, 6.07) is 5.76. The average Bonchev–Trinajstić information content (AvgIpc) is 2.77. The van der Waals surface area contributed by atoms with Crippen molar-refractivity contribution in [1.29, 1.82) is 0 Å². The third-order valence-electron chi connectivity index (χ3n) is 3.96. The zero-order valence-corrected chi connectivity index (χ0v) is 12.2. The van der Waals surface area contributed by atoms with Gasteiger partial charge in [0, 0.05) is 24.3 Å². The maximum Gasteiger partial charge on any atom is 0.123 e. The number of hydrogen-bond acceptors (Lipinski definition) is 2. The standard InChI is InChI=1S/C16H25FN2/c1-11(2)15-5-4-8-19(15)16-7-6-14(17)10-13(16)9-12(3)18/h6-7,10-12,15H,4-5,8-9,18H2,1-3H3. The third kappa shape index (κ3) is 3.27. The molecule has 0 aromatic heterocycles. The van der Waals surface area contributed by atoms with E-state index in [1.54, 1.807) is 12.1 Å². The number of rotatable bonds is 4. The molecule has 1 saturated heterocycles. The molecule has 1 aliphatic rings. The van der Waals surface area contributed by atoms with Gasteiger partial charge in [-0.05, 0) is 55.9 Å². The van der Waals surface area contributed by atoms with Crippen molar-refractivity contribution in [2.45, 2.75) is 52.1 Å². The predicted molar refractivity (Wildman–Crippen MR) is 79.0 cm³/mol. The first-order valence-electron chi connectivity index (χ1n) is 7.29. The van der Waals surface area contributed by atoms with Crippen molar-refractivity contribution in [3.63, 3.8) is 0 Å². The quantitative estimate of drug-likeness (QED) is 0.903. The summed E-state index contributed by atoms with van der Waals surface area (Å²) >= 11 is 0. The summed E-state index contributed by atoms with van der Waals surface area (Å²) in [7, 11) is 0. The van der Waals surface area contributed by atoms with Gasteiger partial charge >= 0.3 is 0 Å². The van der Waals surface area contributed by atoms with Crippen molar-refractivity contribution in [1.82, 2.24) is 0 Å². The summed E-state index contributed by atoms with van der Waals surface area (Å²) in [5, 5.41) is 0. The lowest BCUT2D eigenvalue weighted by molar-refractivity contribution is 0.490. The van der Waals surface area contributed by atoms with Crippen molar-refractivity contribution in [2.75, 3.05) is 11.4 Å². The van der Waals surface area contributed by atoms with Crippen LogP contribution >= 0.6 is 0 Å². The van der Waals surface area contributed by atoms with Gasteiger partial charge in [-0.25, -0.2) is 4.39 Å². The van der Waals surface area contributed by atoms with Crippen molar-refractivity contribution in [3.05, 3.63) is 29.6 Å². The molecule has 1 heterocycles. The van der Waals surface area contributed by atoms with E-state index in [0.717, 1.165) is 18.5 Å². The molecule has 19 heavy (non-hydrogen) atoms. The van der Waals surface area contributed by atoms with Gasteiger partial charge in [0.25, 0.3) is 0 Å². The predicted octanol–water partition coefficient (Wildman–Crippen LogP) is 3.34. The Labute approximate surface area is 115 Å². The molecule has 1 aromatic carbocycles. The molecule has 2 nitrogen and oxygen atoms in total. The van der Waals surface area contributed by atoms with Crippen LogP contribution in [0.4, 0.5) is 10.1 Å². The van der Waals surface area contributed by atoms with E-state index in [2.05, 4.69) is 18.7 Å². The molecule has 1 fully saturated rings. The molecule has 2 unspecified atom stereocenters. The van der Waals surface area contributed by atoms with Crippen LogP contribution in [0, 0.1) is 11.7 Å². The molecular formula is C16H25FN2. The number of halogens is 1. The number of benzene rings is 1. The highest BCUT2D eigenvalue weighted by Crippen LogP contribution is 2.32. The van der Waals surface area contributed by atoms with E-state index in [4.69, 9.17) is 5.73 Å². The van der Waals surface area contributed by atoms with Crippen LogP contribution in [0.5, 0.6) is 0 Å². The van der Waals surface area contributed by atoms with Crippen LogP contribution < -0.4 is 10.6 Å². The van der Waals surface area contributed by atoms with Crippen LogP contribution in [0.25, 0.3) is 0 Å². The first-order chi connectivity index (χ1) is 8.99. The van der Waals surface area contributed by atoms with E-state index < -0.39 is 0 Å². The van der Waals surface area contributed by atoms with Gasteiger partial charge in [-0.2, -0.15) is 0 Å². The Morgan fingerprint density at radius 3 is 2.74 bits per heavy atom. The third-order valence-corrected chi connectivity index (χ3v) is 3.96. The molecule has 2 atom stereocenters. The van der Waals surface area contributed by atoms with Gasteiger partial charge < -0.3 is 10.6 Å². The second kappa shape index (κ2) is 5.91. The van der Waals surface area contributed by atoms with Gasteiger partial charge in [0.2, 0.25) is 0 Å². The molecule has 1 aromatic rings. The van der Waals surface area contributed by atoms with Gasteiger partial charge in [-0.1, -0.05) is 13.8 Å². The molecule has 0 aliphatic carbocycles. The molecule has 0 amide bonds. The maximum absolute atomic E-state index is 13.5. The van der Waals surface area contributed by atoms with Gasteiger partial charge in [0.1, 0.15) is 5.82 Å². The molecule has 0 spiro atoms. The second-order valence-corrected chi connectivity index (χ2v) is 6.10. The van der Waals surface area contributed by atoms with Crippen LogP contribution in [0.2, 0.25) is 0 Å². The lowest BCUT2D eigenvalue weighted by Gasteiger charge is -2.31. The fourth-order valence-corrected chi connectivity index (χ4v) is 3.13. The highest BCUT2D eigenvalue weighted by atomic mass is 19.1. The van der Waals surface area contributed by atoms with Gasteiger partial charge in [-0.3, -0.25) is 0 Å². The van der Waals surface area contributed by atoms with E-state index in [0.29, 0.717) is 12.0 Å². The van der Waals surface area contributed by atoms with E-state index in [-0.39, 0.29) is 11.9 Å². The molecular weight excluding hydrogens is 239 g/mol. The Kier molecular flexibility index (Phi) is 4.46. The SMILES string of the molecule is CC(N)Cc1cc(F)ccc1N1CCCC1C(C)C. The van der Waals surface area contributed by atoms with Crippen molar-refractivity contribution in [3.8, 4) is 0 Å². The molecule has 0 bridgehead atoms. The van der Waals surface area contributed by atoms with Gasteiger partial charge in [0.15, 0.2) is 0 Å². The number of hydrogen-bond donors (Lipinski definition) is 1.